The molecule has 1 saturated heterocycles. The van der Waals surface area contributed by atoms with Crippen molar-refractivity contribution in [3.8, 4) is 5.75 Å². The van der Waals surface area contributed by atoms with Crippen LogP contribution in [0.2, 0.25) is 0 Å². The van der Waals surface area contributed by atoms with Crippen molar-refractivity contribution >= 4 is 33.6 Å². The quantitative estimate of drug-likeness (QED) is 0.884. The summed E-state index contributed by atoms with van der Waals surface area (Å²) in [5.41, 5.74) is 0.553. The van der Waals surface area contributed by atoms with Crippen LogP contribution >= 0.6 is 15.9 Å². The van der Waals surface area contributed by atoms with Crippen molar-refractivity contribution in [2.24, 2.45) is 0 Å². The van der Waals surface area contributed by atoms with E-state index in [1.54, 1.807) is 18.2 Å². The molecule has 2 amide bonds. The van der Waals surface area contributed by atoms with Gasteiger partial charge in [-0.2, -0.15) is 0 Å². The highest BCUT2D eigenvalue weighted by molar-refractivity contribution is 9.10. The van der Waals surface area contributed by atoms with Crippen LogP contribution in [0, 0.1) is 0 Å². The van der Waals surface area contributed by atoms with E-state index >= 15 is 0 Å². The zero-order valence-electron chi connectivity index (χ0n) is 10.9. The molecular formula is C13H15BrN2O4. The fourth-order valence-corrected chi connectivity index (χ4v) is 2.69. The van der Waals surface area contributed by atoms with Crippen LogP contribution in [0.15, 0.2) is 22.7 Å². The number of carboxylic acids is 1. The van der Waals surface area contributed by atoms with Crippen LogP contribution < -0.4 is 10.1 Å². The van der Waals surface area contributed by atoms with Crippen molar-refractivity contribution in [1.82, 2.24) is 4.90 Å². The van der Waals surface area contributed by atoms with Gasteiger partial charge in [0.15, 0.2) is 0 Å². The molecule has 0 bridgehead atoms. The molecule has 0 radical (unpaired) electrons. The number of carboxylic acid groups (broad SMARTS) is 1. The Hall–Kier alpha value is -1.76. The Bertz CT molecular complexity index is 535. The van der Waals surface area contributed by atoms with Gasteiger partial charge in [0, 0.05) is 22.8 Å². The molecule has 1 fully saturated rings. The molecule has 1 aliphatic heterocycles. The van der Waals surface area contributed by atoms with Gasteiger partial charge in [-0.25, -0.2) is 9.59 Å². The van der Waals surface area contributed by atoms with Gasteiger partial charge in [0.25, 0.3) is 0 Å². The zero-order chi connectivity index (χ0) is 14.7. The standard InChI is InChI=1S/C13H15BrN2O4/c1-20-10-6-8(14)5-9(7-10)15-13(19)16-4-2-3-11(16)12(17)18/h5-7,11H,2-4H2,1H3,(H,15,19)(H,17,18)/t11-/m0/s1. The lowest BCUT2D eigenvalue weighted by atomic mass is 10.2. The molecule has 108 valence electrons. The summed E-state index contributed by atoms with van der Waals surface area (Å²) in [4.78, 5) is 24.6. The lowest BCUT2D eigenvalue weighted by Gasteiger charge is -2.22. The molecule has 0 spiro atoms. The lowest BCUT2D eigenvalue weighted by Crippen LogP contribution is -2.42. The molecule has 2 N–H and O–H groups in total. The predicted octanol–water partition coefficient (Wildman–Crippen LogP) is 2.54. The molecule has 1 atom stereocenters. The molecule has 0 aromatic heterocycles. The molecule has 20 heavy (non-hydrogen) atoms. The Kier molecular flexibility index (Phi) is 4.49. The maximum atomic E-state index is 12.1. The average molecular weight is 343 g/mol. The van der Waals surface area contributed by atoms with Gasteiger partial charge in [-0.3, -0.25) is 0 Å². The molecule has 1 aliphatic rings. The summed E-state index contributed by atoms with van der Waals surface area (Å²) in [6.45, 7) is 0.452. The summed E-state index contributed by atoms with van der Waals surface area (Å²) in [7, 11) is 1.54. The number of aliphatic carboxylic acids is 1. The summed E-state index contributed by atoms with van der Waals surface area (Å²) in [6, 6.07) is 4.02. The third kappa shape index (κ3) is 3.22. The van der Waals surface area contributed by atoms with Crippen molar-refractivity contribution in [2.75, 3.05) is 19.0 Å². The van der Waals surface area contributed by atoms with Crippen LogP contribution in [0.5, 0.6) is 5.75 Å². The van der Waals surface area contributed by atoms with Gasteiger partial charge < -0.3 is 20.1 Å². The van der Waals surface area contributed by atoms with E-state index in [4.69, 9.17) is 9.84 Å². The smallest absolute Gasteiger partial charge is 0.326 e. The normalized spacial score (nSPS) is 17.9. The number of amides is 2. The fraction of sp³-hybridized carbons (Fsp3) is 0.385. The second-order valence-corrected chi connectivity index (χ2v) is 5.42. The number of anilines is 1. The number of rotatable bonds is 3. The van der Waals surface area contributed by atoms with Crippen LogP contribution in [0.1, 0.15) is 12.8 Å². The molecule has 1 aromatic rings. The second-order valence-electron chi connectivity index (χ2n) is 4.50. The van der Waals surface area contributed by atoms with Crippen molar-refractivity contribution < 1.29 is 19.4 Å². The maximum Gasteiger partial charge on any atom is 0.326 e. The third-order valence-corrected chi connectivity index (χ3v) is 3.61. The number of urea groups is 1. The Morgan fingerprint density at radius 3 is 2.85 bits per heavy atom. The van der Waals surface area contributed by atoms with E-state index in [1.165, 1.54) is 12.0 Å². The van der Waals surface area contributed by atoms with Crippen molar-refractivity contribution in [1.29, 1.82) is 0 Å². The average Bonchev–Trinajstić information content (AvgIpc) is 2.87. The SMILES string of the molecule is COc1cc(Br)cc(NC(=O)N2CCC[C@H]2C(=O)O)c1. The summed E-state index contributed by atoms with van der Waals surface area (Å²) >= 11 is 3.32. The highest BCUT2D eigenvalue weighted by Gasteiger charge is 2.33. The first-order valence-electron chi connectivity index (χ1n) is 6.16. The molecule has 6 nitrogen and oxygen atoms in total. The van der Waals surface area contributed by atoms with E-state index in [9.17, 15) is 9.59 Å². The predicted molar refractivity (Wildman–Crippen MR) is 77.1 cm³/mol. The first-order chi connectivity index (χ1) is 9.51. The summed E-state index contributed by atoms with van der Waals surface area (Å²) in [6.07, 6.45) is 1.19. The molecule has 1 aromatic carbocycles. The van der Waals surface area contributed by atoms with Gasteiger partial charge in [0.2, 0.25) is 0 Å². The Labute approximate surface area is 124 Å². The molecule has 1 heterocycles. The second kappa shape index (κ2) is 6.13. The van der Waals surface area contributed by atoms with Gasteiger partial charge in [0.1, 0.15) is 11.8 Å². The van der Waals surface area contributed by atoms with Gasteiger partial charge in [-0.05, 0) is 25.0 Å². The Balaban J connectivity index is 2.11. The third-order valence-electron chi connectivity index (χ3n) is 3.16. The van der Waals surface area contributed by atoms with E-state index in [1.807, 2.05) is 0 Å². The Morgan fingerprint density at radius 2 is 2.20 bits per heavy atom. The van der Waals surface area contributed by atoms with Crippen molar-refractivity contribution in [2.45, 2.75) is 18.9 Å². The zero-order valence-corrected chi connectivity index (χ0v) is 12.5. The number of carbonyl (C=O) groups is 2. The number of hydrogen-bond donors (Lipinski definition) is 2. The summed E-state index contributed by atoms with van der Waals surface area (Å²) in [5, 5.41) is 11.8. The van der Waals surface area contributed by atoms with Gasteiger partial charge in [-0.15, -0.1) is 0 Å². The van der Waals surface area contributed by atoms with Crippen LogP contribution in [-0.4, -0.2) is 41.7 Å². The fourth-order valence-electron chi connectivity index (χ4n) is 2.21. The number of hydrogen-bond acceptors (Lipinski definition) is 3. The molecule has 0 aliphatic carbocycles. The topological polar surface area (TPSA) is 78.9 Å². The molecule has 0 saturated carbocycles. The van der Waals surface area contributed by atoms with Crippen LogP contribution in [0.25, 0.3) is 0 Å². The van der Waals surface area contributed by atoms with E-state index in [-0.39, 0.29) is 0 Å². The lowest BCUT2D eigenvalue weighted by molar-refractivity contribution is -0.141. The number of methoxy groups -OCH3 is 1. The number of carbonyl (C=O) groups excluding carboxylic acids is 1. The minimum atomic E-state index is -0.968. The Morgan fingerprint density at radius 1 is 1.45 bits per heavy atom. The monoisotopic (exact) mass is 342 g/mol. The van der Waals surface area contributed by atoms with Crippen LogP contribution in [0.3, 0.4) is 0 Å². The first-order valence-corrected chi connectivity index (χ1v) is 6.95. The molecule has 2 rings (SSSR count). The number of halogens is 1. The number of likely N-dealkylation sites (tertiary alicyclic amines) is 1. The number of benzene rings is 1. The highest BCUT2D eigenvalue weighted by Crippen LogP contribution is 2.25. The summed E-state index contributed by atoms with van der Waals surface area (Å²) < 4.78 is 5.88. The number of nitrogens with zero attached hydrogens (tertiary/aromatic N) is 1. The van der Waals surface area contributed by atoms with Crippen LogP contribution in [0.4, 0.5) is 10.5 Å². The number of nitrogens with one attached hydrogen (secondary N) is 1. The molecule has 7 heteroatoms. The van der Waals surface area contributed by atoms with Crippen LogP contribution in [-0.2, 0) is 4.79 Å². The summed E-state index contributed by atoms with van der Waals surface area (Å²) in [5.74, 6) is -0.365. The van der Waals surface area contributed by atoms with E-state index in [0.717, 1.165) is 4.47 Å². The minimum Gasteiger partial charge on any atom is -0.497 e. The highest BCUT2D eigenvalue weighted by atomic mass is 79.9. The maximum absolute atomic E-state index is 12.1. The van der Waals surface area contributed by atoms with E-state index in [0.29, 0.717) is 30.8 Å². The van der Waals surface area contributed by atoms with Gasteiger partial charge in [0.05, 0.1) is 7.11 Å². The minimum absolute atomic E-state index is 0.407. The van der Waals surface area contributed by atoms with E-state index in [2.05, 4.69) is 21.2 Å². The first kappa shape index (κ1) is 14.6. The van der Waals surface area contributed by atoms with E-state index < -0.39 is 18.0 Å². The largest absolute Gasteiger partial charge is 0.497 e. The molecular weight excluding hydrogens is 328 g/mol. The van der Waals surface area contributed by atoms with Crippen molar-refractivity contribution in [3.63, 3.8) is 0 Å². The van der Waals surface area contributed by atoms with Gasteiger partial charge in [-0.1, -0.05) is 15.9 Å². The molecule has 0 unspecified atom stereocenters. The number of ether oxygens (including phenoxy) is 1. The van der Waals surface area contributed by atoms with Crippen molar-refractivity contribution in [3.05, 3.63) is 22.7 Å². The van der Waals surface area contributed by atoms with Gasteiger partial charge >= 0.3 is 12.0 Å².